The minimum Gasteiger partial charge on any atom is -0.484 e. The molecule has 3 aromatic carbocycles. The van der Waals surface area contributed by atoms with Crippen molar-refractivity contribution in [1.29, 1.82) is 5.26 Å². The Morgan fingerprint density at radius 2 is 1.64 bits per heavy atom. The van der Waals surface area contributed by atoms with E-state index >= 15 is 0 Å². The van der Waals surface area contributed by atoms with Crippen LogP contribution in [0.4, 0.5) is 0 Å². The summed E-state index contributed by atoms with van der Waals surface area (Å²) in [6.45, 7) is 1.80. The number of halogens is 1. The molecule has 28 heavy (non-hydrogen) atoms. The van der Waals surface area contributed by atoms with Crippen LogP contribution in [0.25, 0.3) is 11.1 Å². The first-order valence-electron chi connectivity index (χ1n) is 8.84. The van der Waals surface area contributed by atoms with Crippen molar-refractivity contribution in [3.8, 4) is 22.9 Å². The van der Waals surface area contributed by atoms with Crippen LogP contribution in [-0.4, -0.2) is 12.5 Å². The molecule has 0 aliphatic heterocycles. The van der Waals surface area contributed by atoms with Crippen molar-refractivity contribution in [2.45, 2.75) is 13.0 Å². The second-order valence-corrected chi connectivity index (χ2v) is 6.72. The molecule has 1 amide bonds. The molecule has 0 radical (unpaired) electrons. The summed E-state index contributed by atoms with van der Waals surface area (Å²) in [5.41, 5.74) is 3.51. The van der Waals surface area contributed by atoms with E-state index in [9.17, 15) is 4.79 Å². The molecule has 0 fully saturated rings. The molecule has 4 nitrogen and oxygen atoms in total. The molecular formula is C23H19ClN2O2. The molecule has 0 aliphatic carbocycles. The van der Waals surface area contributed by atoms with E-state index in [-0.39, 0.29) is 18.6 Å². The van der Waals surface area contributed by atoms with Gasteiger partial charge in [0.15, 0.2) is 6.61 Å². The van der Waals surface area contributed by atoms with Crippen molar-refractivity contribution < 1.29 is 9.53 Å². The van der Waals surface area contributed by atoms with Gasteiger partial charge >= 0.3 is 0 Å². The predicted molar refractivity (Wildman–Crippen MR) is 110 cm³/mol. The van der Waals surface area contributed by atoms with Crippen LogP contribution in [0.1, 0.15) is 24.1 Å². The molecule has 0 heterocycles. The SMILES string of the molecule is C[C@H](NC(=O)COc1ccc(-c2ccc(C#N)cc2)cc1)c1ccccc1Cl. The number of amides is 1. The van der Waals surface area contributed by atoms with E-state index in [1.807, 2.05) is 61.5 Å². The molecule has 0 saturated heterocycles. The molecule has 140 valence electrons. The van der Waals surface area contributed by atoms with E-state index in [1.165, 1.54) is 0 Å². The Labute approximate surface area is 169 Å². The van der Waals surface area contributed by atoms with Crippen LogP contribution < -0.4 is 10.1 Å². The van der Waals surface area contributed by atoms with E-state index < -0.39 is 0 Å². The standard InChI is InChI=1S/C23H19ClN2O2/c1-16(21-4-2-3-5-22(21)24)26-23(27)15-28-20-12-10-19(11-13-20)18-8-6-17(14-25)7-9-18/h2-13,16H,15H2,1H3,(H,26,27)/t16-/m0/s1. The highest BCUT2D eigenvalue weighted by molar-refractivity contribution is 6.31. The van der Waals surface area contributed by atoms with Crippen LogP contribution in [0, 0.1) is 11.3 Å². The van der Waals surface area contributed by atoms with Gasteiger partial charge in [-0.1, -0.05) is 54.1 Å². The van der Waals surface area contributed by atoms with Crippen molar-refractivity contribution in [2.24, 2.45) is 0 Å². The van der Waals surface area contributed by atoms with E-state index in [0.29, 0.717) is 16.3 Å². The van der Waals surface area contributed by atoms with Gasteiger partial charge in [0.2, 0.25) is 0 Å². The van der Waals surface area contributed by atoms with Crippen molar-refractivity contribution in [1.82, 2.24) is 5.32 Å². The summed E-state index contributed by atoms with van der Waals surface area (Å²) in [6.07, 6.45) is 0. The summed E-state index contributed by atoms with van der Waals surface area (Å²) in [5.74, 6) is 0.390. The third kappa shape index (κ3) is 4.91. The van der Waals surface area contributed by atoms with Gasteiger partial charge in [0, 0.05) is 5.02 Å². The van der Waals surface area contributed by atoms with Gasteiger partial charge in [-0.25, -0.2) is 0 Å². The van der Waals surface area contributed by atoms with Crippen LogP contribution in [-0.2, 0) is 4.79 Å². The van der Waals surface area contributed by atoms with Gasteiger partial charge in [-0.2, -0.15) is 5.26 Å². The quantitative estimate of drug-likeness (QED) is 0.634. The largest absolute Gasteiger partial charge is 0.484 e. The third-order valence-corrected chi connectivity index (χ3v) is 4.67. The number of nitrogens with one attached hydrogen (secondary N) is 1. The van der Waals surface area contributed by atoms with Gasteiger partial charge in [-0.15, -0.1) is 0 Å². The number of nitriles is 1. The fraction of sp³-hybridized carbons (Fsp3) is 0.130. The highest BCUT2D eigenvalue weighted by atomic mass is 35.5. The van der Waals surface area contributed by atoms with E-state index in [0.717, 1.165) is 16.7 Å². The smallest absolute Gasteiger partial charge is 0.258 e. The minimum absolute atomic E-state index is 0.0784. The first-order chi connectivity index (χ1) is 13.6. The summed E-state index contributed by atoms with van der Waals surface area (Å²) in [5, 5.41) is 12.4. The number of hydrogen-bond donors (Lipinski definition) is 1. The second kappa shape index (κ2) is 9.07. The molecule has 3 aromatic rings. The van der Waals surface area contributed by atoms with Gasteiger partial charge < -0.3 is 10.1 Å². The maximum atomic E-state index is 12.2. The van der Waals surface area contributed by atoms with Gasteiger partial charge in [0.25, 0.3) is 5.91 Å². The van der Waals surface area contributed by atoms with Crippen molar-refractivity contribution in [3.05, 3.63) is 88.9 Å². The predicted octanol–water partition coefficient (Wildman–Crippen LogP) is 5.13. The topological polar surface area (TPSA) is 62.1 Å². The summed E-state index contributed by atoms with van der Waals surface area (Å²) in [6, 6.07) is 24.2. The lowest BCUT2D eigenvalue weighted by Gasteiger charge is -2.16. The normalized spacial score (nSPS) is 11.3. The summed E-state index contributed by atoms with van der Waals surface area (Å²) >= 11 is 6.16. The highest BCUT2D eigenvalue weighted by Gasteiger charge is 2.12. The maximum absolute atomic E-state index is 12.2. The van der Waals surface area contributed by atoms with Crippen molar-refractivity contribution in [2.75, 3.05) is 6.61 Å². The molecule has 0 aromatic heterocycles. The Hall–Kier alpha value is -3.29. The number of nitrogens with zero attached hydrogens (tertiary/aromatic N) is 1. The van der Waals surface area contributed by atoms with Crippen molar-refractivity contribution >= 4 is 17.5 Å². The number of rotatable bonds is 6. The fourth-order valence-corrected chi connectivity index (χ4v) is 3.12. The summed E-state index contributed by atoms with van der Waals surface area (Å²) in [4.78, 5) is 12.2. The van der Waals surface area contributed by atoms with Crippen LogP contribution in [0.3, 0.4) is 0 Å². The molecule has 3 rings (SSSR count). The average molecular weight is 391 g/mol. The van der Waals surface area contributed by atoms with Gasteiger partial charge in [0.1, 0.15) is 5.75 Å². The Morgan fingerprint density at radius 1 is 1.04 bits per heavy atom. The van der Waals surface area contributed by atoms with Crippen LogP contribution >= 0.6 is 11.6 Å². The van der Waals surface area contributed by atoms with Gasteiger partial charge in [0.05, 0.1) is 17.7 Å². The number of ether oxygens (including phenoxy) is 1. The zero-order chi connectivity index (χ0) is 19.9. The number of carbonyl (C=O) groups excluding carboxylic acids is 1. The first kappa shape index (κ1) is 19.5. The van der Waals surface area contributed by atoms with Crippen LogP contribution in [0.15, 0.2) is 72.8 Å². The lowest BCUT2D eigenvalue weighted by Crippen LogP contribution is -2.31. The summed E-state index contributed by atoms with van der Waals surface area (Å²) in [7, 11) is 0. The number of carbonyl (C=O) groups is 1. The lowest BCUT2D eigenvalue weighted by atomic mass is 10.0. The average Bonchev–Trinajstić information content (AvgIpc) is 2.73. The molecule has 0 spiro atoms. The van der Waals surface area contributed by atoms with Crippen LogP contribution in [0.5, 0.6) is 5.75 Å². The maximum Gasteiger partial charge on any atom is 0.258 e. The molecule has 0 bridgehead atoms. The second-order valence-electron chi connectivity index (χ2n) is 6.31. The van der Waals surface area contributed by atoms with Gasteiger partial charge in [-0.3, -0.25) is 4.79 Å². The molecule has 1 N–H and O–H groups in total. The van der Waals surface area contributed by atoms with E-state index in [2.05, 4.69) is 11.4 Å². The minimum atomic E-state index is -0.219. The Balaban J connectivity index is 1.55. The van der Waals surface area contributed by atoms with E-state index in [4.69, 9.17) is 21.6 Å². The number of hydrogen-bond acceptors (Lipinski definition) is 3. The molecule has 0 saturated carbocycles. The molecule has 0 aliphatic rings. The zero-order valence-electron chi connectivity index (χ0n) is 15.4. The first-order valence-corrected chi connectivity index (χ1v) is 9.22. The Bertz CT molecular complexity index is 992. The monoisotopic (exact) mass is 390 g/mol. The van der Waals surface area contributed by atoms with E-state index in [1.54, 1.807) is 18.2 Å². The lowest BCUT2D eigenvalue weighted by molar-refractivity contribution is -0.123. The number of benzene rings is 3. The molecule has 0 unspecified atom stereocenters. The zero-order valence-corrected chi connectivity index (χ0v) is 16.1. The Kier molecular flexibility index (Phi) is 6.31. The summed E-state index contributed by atoms with van der Waals surface area (Å²) < 4.78 is 5.57. The molecular weight excluding hydrogens is 372 g/mol. The van der Waals surface area contributed by atoms with Crippen molar-refractivity contribution in [3.63, 3.8) is 0 Å². The third-order valence-electron chi connectivity index (χ3n) is 4.32. The highest BCUT2D eigenvalue weighted by Crippen LogP contribution is 2.23. The molecule has 1 atom stereocenters. The molecule has 5 heteroatoms. The van der Waals surface area contributed by atoms with Gasteiger partial charge in [-0.05, 0) is 53.9 Å². The van der Waals surface area contributed by atoms with Crippen LogP contribution in [0.2, 0.25) is 5.02 Å². The Morgan fingerprint density at radius 3 is 2.25 bits per heavy atom. The fourth-order valence-electron chi connectivity index (χ4n) is 2.82.